The molecule has 0 spiro atoms. The molecule has 2 aromatic rings. The summed E-state index contributed by atoms with van der Waals surface area (Å²) < 4.78 is 14.7. The fraction of sp³-hybridized carbons (Fsp3) is 0.438. The summed E-state index contributed by atoms with van der Waals surface area (Å²) in [6.07, 6.45) is 0. The zero-order chi connectivity index (χ0) is 15.8. The first-order valence-electron chi connectivity index (χ1n) is 6.90. The standard InChI is InChI=1S/C16H21FN2OS.ClH/c1-10-13-11(17)6-5-7-12(13)21-14(10)15(20)19(4)9-16(2,3)8-18;/h5-7H,8-9,18H2,1-4H3;1H. The van der Waals surface area contributed by atoms with E-state index in [0.717, 1.165) is 10.3 Å². The molecule has 1 amide bonds. The molecule has 0 saturated carbocycles. The highest BCUT2D eigenvalue weighted by Crippen LogP contribution is 2.33. The van der Waals surface area contributed by atoms with Gasteiger partial charge in [0.15, 0.2) is 0 Å². The average molecular weight is 345 g/mol. The van der Waals surface area contributed by atoms with E-state index in [1.165, 1.54) is 17.4 Å². The fourth-order valence-corrected chi connectivity index (χ4v) is 3.63. The molecule has 0 aliphatic carbocycles. The first kappa shape index (κ1) is 18.9. The molecule has 0 atom stereocenters. The Balaban J connectivity index is 0.00000242. The Bertz CT molecular complexity index is 684. The summed E-state index contributed by atoms with van der Waals surface area (Å²) in [5.74, 6) is -0.347. The van der Waals surface area contributed by atoms with Crippen LogP contribution in [0.4, 0.5) is 4.39 Å². The van der Waals surface area contributed by atoms with Crippen LogP contribution >= 0.6 is 23.7 Å². The minimum atomic E-state index is -0.273. The lowest BCUT2D eigenvalue weighted by atomic mass is 9.93. The lowest BCUT2D eigenvalue weighted by Crippen LogP contribution is -2.39. The molecule has 1 heterocycles. The van der Waals surface area contributed by atoms with Crippen molar-refractivity contribution in [2.24, 2.45) is 11.1 Å². The van der Waals surface area contributed by atoms with Gasteiger partial charge in [0.2, 0.25) is 0 Å². The van der Waals surface area contributed by atoms with Crippen LogP contribution in [-0.4, -0.2) is 30.9 Å². The highest BCUT2D eigenvalue weighted by molar-refractivity contribution is 7.21. The minimum absolute atomic E-state index is 0. The van der Waals surface area contributed by atoms with Crippen molar-refractivity contribution in [2.75, 3.05) is 20.1 Å². The van der Waals surface area contributed by atoms with Crippen molar-refractivity contribution in [3.05, 3.63) is 34.5 Å². The zero-order valence-corrected chi connectivity index (χ0v) is 14.9. The molecule has 0 radical (unpaired) electrons. The molecular formula is C16H22ClFN2OS. The lowest BCUT2D eigenvalue weighted by Gasteiger charge is -2.28. The molecule has 0 bridgehead atoms. The maximum atomic E-state index is 13.9. The summed E-state index contributed by atoms with van der Waals surface area (Å²) in [7, 11) is 1.76. The van der Waals surface area contributed by atoms with Gasteiger partial charge in [-0.25, -0.2) is 4.39 Å². The number of hydrogen-bond acceptors (Lipinski definition) is 3. The van der Waals surface area contributed by atoms with E-state index >= 15 is 0 Å². The van der Waals surface area contributed by atoms with Gasteiger partial charge in [0.05, 0.1) is 4.88 Å². The van der Waals surface area contributed by atoms with Crippen LogP contribution in [0, 0.1) is 18.2 Å². The summed E-state index contributed by atoms with van der Waals surface area (Å²) in [6, 6.07) is 4.94. The van der Waals surface area contributed by atoms with Crippen molar-refractivity contribution >= 4 is 39.7 Å². The van der Waals surface area contributed by atoms with Gasteiger partial charge in [-0.15, -0.1) is 23.7 Å². The van der Waals surface area contributed by atoms with E-state index < -0.39 is 0 Å². The van der Waals surface area contributed by atoms with Gasteiger partial charge in [0, 0.05) is 23.7 Å². The highest BCUT2D eigenvalue weighted by atomic mass is 35.5. The Morgan fingerprint density at radius 2 is 2.05 bits per heavy atom. The second kappa shape index (κ2) is 6.94. The number of carbonyl (C=O) groups is 1. The van der Waals surface area contributed by atoms with Crippen LogP contribution in [0.5, 0.6) is 0 Å². The number of benzene rings is 1. The molecule has 0 aliphatic rings. The molecule has 2 N–H and O–H groups in total. The van der Waals surface area contributed by atoms with E-state index in [1.807, 2.05) is 19.9 Å². The van der Waals surface area contributed by atoms with Crippen molar-refractivity contribution in [3.63, 3.8) is 0 Å². The van der Waals surface area contributed by atoms with Crippen LogP contribution in [0.15, 0.2) is 18.2 Å². The second-order valence-electron chi connectivity index (χ2n) is 6.20. The van der Waals surface area contributed by atoms with Gasteiger partial charge in [0.1, 0.15) is 5.82 Å². The van der Waals surface area contributed by atoms with Crippen molar-refractivity contribution in [1.29, 1.82) is 0 Å². The van der Waals surface area contributed by atoms with Gasteiger partial charge in [-0.1, -0.05) is 19.9 Å². The minimum Gasteiger partial charge on any atom is -0.340 e. The fourth-order valence-electron chi connectivity index (χ4n) is 2.41. The number of halogens is 2. The number of hydrogen-bond donors (Lipinski definition) is 1. The number of nitrogens with zero attached hydrogens (tertiary/aromatic N) is 1. The lowest BCUT2D eigenvalue weighted by molar-refractivity contribution is 0.0745. The maximum absolute atomic E-state index is 13.9. The number of nitrogens with two attached hydrogens (primary N) is 1. The molecule has 122 valence electrons. The molecule has 1 aromatic carbocycles. The number of rotatable bonds is 4. The normalized spacial score (nSPS) is 11.4. The molecule has 22 heavy (non-hydrogen) atoms. The van der Waals surface area contributed by atoms with E-state index in [0.29, 0.717) is 23.4 Å². The first-order valence-corrected chi connectivity index (χ1v) is 7.71. The largest absolute Gasteiger partial charge is 0.340 e. The summed E-state index contributed by atoms with van der Waals surface area (Å²) in [6.45, 7) is 6.92. The van der Waals surface area contributed by atoms with Crippen LogP contribution in [-0.2, 0) is 0 Å². The van der Waals surface area contributed by atoms with E-state index in [2.05, 4.69) is 0 Å². The maximum Gasteiger partial charge on any atom is 0.263 e. The molecule has 2 rings (SSSR count). The summed E-state index contributed by atoms with van der Waals surface area (Å²) in [4.78, 5) is 14.9. The number of aryl methyl sites for hydroxylation is 1. The SMILES string of the molecule is Cc1c(C(=O)N(C)CC(C)(C)CN)sc2cccc(F)c12.Cl. The third-order valence-corrected chi connectivity index (χ3v) is 4.91. The monoisotopic (exact) mass is 344 g/mol. The molecule has 0 saturated heterocycles. The van der Waals surface area contributed by atoms with E-state index in [9.17, 15) is 9.18 Å². The van der Waals surface area contributed by atoms with Crippen LogP contribution in [0.25, 0.3) is 10.1 Å². The number of fused-ring (bicyclic) bond motifs is 1. The van der Waals surface area contributed by atoms with Gasteiger partial charge < -0.3 is 10.6 Å². The van der Waals surface area contributed by atoms with E-state index in [1.54, 1.807) is 24.9 Å². The van der Waals surface area contributed by atoms with Crippen LogP contribution in [0.1, 0.15) is 29.1 Å². The quantitative estimate of drug-likeness (QED) is 0.916. The van der Waals surface area contributed by atoms with Gasteiger partial charge in [-0.05, 0) is 36.6 Å². The summed E-state index contributed by atoms with van der Waals surface area (Å²) in [5, 5.41) is 0.553. The molecule has 0 unspecified atom stereocenters. The third kappa shape index (κ3) is 3.59. The van der Waals surface area contributed by atoms with Crippen molar-refractivity contribution in [1.82, 2.24) is 4.90 Å². The number of carbonyl (C=O) groups excluding carboxylic acids is 1. The second-order valence-corrected chi connectivity index (χ2v) is 7.25. The van der Waals surface area contributed by atoms with Crippen LogP contribution < -0.4 is 5.73 Å². The van der Waals surface area contributed by atoms with Gasteiger partial charge in [-0.3, -0.25) is 4.79 Å². The van der Waals surface area contributed by atoms with Crippen LogP contribution in [0.3, 0.4) is 0 Å². The van der Waals surface area contributed by atoms with Crippen LogP contribution in [0.2, 0.25) is 0 Å². The Hall–Kier alpha value is -1.17. The molecule has 0 aliphatic heterocycles. The average Bonchev–Trinajstić information content (AvgIpc) is 2.76. The molecule has 1 aromatic heterocycles. The van der Waals surface area contributed by atoms with E-state index in [4.69, 9.17) is 5.73 Å². The molecule has 0 fully saturated rings. The topological polar surface area (TPSA) is 46.3 Å². The van der Waals surface area contributed by atoms with Crippen molar-refractivity contribution in [2.45, 2.75) is 20.8 Å². The Labute approximate surface area is 140 Å². The Kier molecular flexibility index (Phi) is 5.96. The highest BCUT2D eigenvalue weighted by Gasteiger charge is 2.25. The molecule has 3 nitrogen and oxygen atoms in total. The Morgan fingerprint density at radius 3 is 2.59 bits per heavy atom. The predicted molar refractivity (Wildman–Crippen MR) is 93.6 cm³/mol. The van der Waals surface area contributed by atoms with Crippen molar-refractivity contribution in [3.8, 4) is 0 Å². The summed E-state index contributed by atoms with van der Waals surface area (Å²) in [5.41, 5.74) is 6.30. The first-order chi connectivity index (χ1) is 9.76. The molecular weight excluding hydrogens is 323 g/mol. The van der Waals surface area contributed by atoms with Gasteiger partial charge >= 0.3 is 0 Å². The third-order valence-electron chi connectivity index (χ3n) is 3.66. The molecule has 6 heteroatoms. The van der Waals surface area contributed by atoms with E-state index in [-0.39, 0.29) is 29.5 Å². The smallest absolute Gasteiger partial charge is 0.263 e. The number of thiophene rings is 1. The predicted octanol–water partition coefficient (Wildman–Crippen LogP) is 3.83. The summed E-state index contributed by atoms with van der Waals surface area (Å²) >= 11 is 1.35. The van der Waals surface area contributed by atoms with Gasteiger partial charge in [-0.2, -0.15) is 0 Å². The number of amides is 1. The van der Waals surface area contributed by atoms with Gasteiger partial charge in [0.25, 0.3) is 5.91 Å². The zero-order valence-electron chi connectivity index (χ0n) is 13.3. The van der Waals surface area contributed by atoms with Crippen molar-refractivity contribution < 1.29 is 9.18 Å². The Morgan fingerprint density at radius 1 is 1.41 bits per heavy atom.